The van der Waals surface area contributed by atoms with Crippen molar-refractivity contribution in [3.63, 3.8) is 0 Å². The molecule has 2 aromatic carbocycles. The molecule has 2 aliphatic rings. The van der Waals surface area contributed by atoms with Gasteiger partial charge in [-0.3, -0.25) is 14.1 Å². The molecule has 0 bridgehead atoms. The molecule has 2 fully saturated rings. The summed E-state index contributed by atoms with van der Waals surface area (Å²) in [6.07, 6.45) is -0.00376. The van der Waals surface area contributed by atoms with Crippen molar-refractivity contribution in [3.8, 4) is 5.75 Å². The number of sulfonamides is 1. The molecule has 1 aromatic heterocycles. The molecule has 0 spiro atoms. The zero-order chi connectivity index (χ0) is 42.4. The van der Waals surface area contributed by atoms with E-state index >= 15 is 0 Å². The van der Waals surface area contributed by atoms with Gasteiger partial charge in [-0.1, -0.05) is 69.7 Å². The van der Waals surface area contributed by atoms with Crippen LogP contribution in [0.25, 0.3) is 0 Å². The monoisotopic (exact) mass is 861 g/mol. The number of nitrogens with one attached hydrogen (secondary N) is 1. The largest absolute Gasteiger partial charge is 0.481 e. The van der Waals surface area contributed by atoms with E-state index < -0.39 is 66.7 Å². The molecule has 2 saturated heterocycles. The van der Waals surface area contributed by atoms with Crippen molar-refractivity contribution >= 4 is 29.7 Å². The molecule has 0 aliphatic carbocycles. The second kappa shape index (κ2) is 22.1. The van der Waals surface area contributed by atoms with E-state index in [0.717, 1.165) is 12.0 Å². The number of aliphatic hydroxyl groups is 1. The summed E-state index contributed by atoms with van der Waals surface area (Å²) < 4.78 is 81.9. The van der Waals surface area contributed by atoms with Crippen LogP contribution in [0.5, 0.6) is 5.75 Å². The van der Waals surface area contributed by atoms with Crippen molar-refractivity contribution in [2.45, 2.75) is 95.5 Å². The number of carbonyl (C=O) groups is 2. The summed E-state index contributed by atoms with van der Waals surface area (Å²) in [6.45, 7) is 7.70. The molecule has 3 heterocycles. The Balaban J connectivity index is 1.26. The van der Waals surface area contributed by atoms with Gasteiger partial charge in [-0.05, 0) is 67.5 Å². The number of aromatic nitrogens is 1. The number of fused-ring (bicyclic) bond motifs is 1. The number of alkyl carbamates (subject to hydrolysis) is 1. The minimum Gasteiger partial charge on any atom is -0.481 e. The van der Waals surface area contributed by atoms with Crippen LogP contribution in [0.1, 0.15) is 58.1 Å². The number of amides is 1. The highest BCUT2D eigenvalue weighted by Crippen LogP contribution is 2.49. The van der Waals surface area contributed by atoms with Crippen LogP contribution in [0.4, 0.5) is 4.79 Å². The van der Waals surface area contributed by atoms with Crippen LogP contribution in [0.15, 0.2) is 84.0 Å². The van der Waals surface area contributed by atoms with E-state index in [-0.39, 0.29) is 56.1 Å². The molecule has 324 valence electrons. The van der Waals surface area contributed by atoms with Crippen molar-refractivity contribution in [2.24, 2.45) is 11.8 Å². The van der Waals surface area contributed by atoms with Crippen LogP contribution in [0.2, 0.25) is 0 Å². The van der Waals surface area contributed by atoms with Crippen molar-refractivity contribution < 1.29 is 60.4 Å². The summed E-state index contributed by atoms with van der Waals surface area (Å²) in [6, 6.07) is 17.7. The Bertz CT molecular complexity index is 1930. The minimum absolute atomic E-state index is 0.0231. The number of unbranched alkanes of at least 4 members (excludes halogenated alkanes) is 1. The topological polar surface area (TPSA) is 198 Å². The van der Waals surface area contributed by atoms with E-state index in [9.17, 15) is 27.7 Å². The molecule has 59 heavy (non-hydrogen) atoms. The third-order valence-corrected chi connectivity index (χ3v) is 13.1. The number of carbonyl (C=O) groups excluding carboxylic acids is 2. The first kappa shape index (κ1) is 46.1. The van der Waals surface area contributed by atoms with Crippen LogP contribution in [-0.4, -0.2) is 105 Å². The maximum absolute atomic E-state index is 13.8. The quantitative estimate of drug-likeness (QED) is 0.0671. The Morgan fingerprint density at radius 2 is 1.78 bits per heavy atom. The summed E-state index contributed by atoms with van der Waals surface area (Å²) >= 11 is 0. The predicted octanol–water partition coefficient (Wildman–Crippen LogP) is 5.68. The van der Waals surface area contributed by atoms with Crippen molar-refractivity contribution in [3.05, 3.63) is 90.3 Å². The van der Waals surface area contributed by atoms with Crippen LogP contribution in [0, 0.1) is 11.8 Å². The number of ether oxygens (including phenoxy) is 5. The minimum atomic E-state index is -4.06. The second-order valence-corrected chi connectivity index (χ2v) is 18.8. The lowest BCUT2D eigenvalue weighted by Crippen LogP contribution is -2.51. The number of aliphatic hydroxyl groups excluding tert-OH is 1. The lowest BCUT2D eigenvalue weighted by atomic mass is 10.0. The predicted molar refractivity (Wildman–Crippen MR) is 216 cm³/mol. The summed E-state index contributed by atoms with van der Waals surface area (Å²) in [7, 11) is -8.02. The molecule has 1 unspecified atom stereocenters. The van der Waals surface area contributed by atoms with Gasteiger partial charge >= 0.3 is 19.7 Å². The third-order valence-electron chi connectivity index (χ3n) is 9.67. The Morgan fingerprint density at radius 3 is 2.47 bits per heavy atom. The first-order valence-corrected chi connectivity index (χ1v) is 23.1. The number of benzene rings is 2. The van der Waals surface area contributed by atoms with Gasteiger partial charge in [0.25, 0.3) is 0 Å². The van der Waals surface area contributed by atoms with Gasteiger partial charge in [-0.15, -0.1) is 0 Å². The van der Waals surface area contributed by atoms with E-state index in [0.29, 0.717) is 30.8 Å². The van der Waals surface area contributed by atoms with Crippen molar-refractivity contribution in [1.29, 1.82) is 0 Å². The van der Waals surface area contributed by atoms with E-state index in [1.54, 1.807) is 24.3 Å². The van der Waals surface area contributed by atoms with Crippen LogP contribution >= 0.6 is 7.60 Å². The zero-order valence-corrected chi connectivity index (χ0v) is 35.6. The average Bonchev–Trinajstić information content (AvgIpc) is 3.85. The van der Waals surface area contributed by atoms with Gasteiger partial charge < -0.3 is 38.6 Å². The van der Waals surface area contributed by atoms with Gasteiger partial charge in [0.05, 0.1) is 37.9 Å². The SMILES string of the molecule is CCCCOP(=O)(COc1ccc(C[C@H](NC(=O)O[C@H]2CO[C@H]3OCC[C@H]32)[C@H](O)CN(CC(C)C)S(=O)(=O)c2cccnc2)cc1)O[C@@H](C)C(=O)OCc1ccccc1. The summed E-state index contributed by atoms with van der Waals surface area (Å²) in [5, 5.41) is 14.5. The van der Waals surface area contributed by atoms with E-state index in [2.05, 4.69) is 10.3 Å². The van der Waals surface area contributed by atoms with Crippen LogP contribution < -0.4 is 10.1 Å². The third kappa shape index (κ3) is 13.8. The van der Waals surface area contributed by atoms with Gasteiger partial charge in [-0.2, -0.15) is 4.31 Å². The molecule has 7 atom stereocenters. The summed E-state index contributed by atoms with van der Waals surface area (Å²) in [5.74, 6) is -0.601. The number of rotatable bonds is 23. The summed E-state index contributed by atoms with van der Waals surface area (Å²) in [5.41, 5.74) is 1.44. The van der Waals surface area contributed by atoms with Gasteiger partial charge in [0.1, 0.15) is 23.4 Å². The fourth-order valence-electron chi connectivity index (χ4n) is 6.52. The number of esters is 1. The highest BCUT2D eigenvalue weighted by atomic mass is 32.2. The number of hydrogen-bond acceptors (Lipinski definition) is 14. The molecule has 16 nitrogen and oxygen atoms in total. The molecule has 1 amide bonds. The normalized spacial score (nSPS) is 20.4. The average molecular weight is 862 g/mol. The summed E-state index contributed by atoms with van der Waals surface area (Å²) in [4.78, 5) is 30.0. The Hall–Kier alpha value is -3.93. The number of hydrogen-bond donors (Lipinski definition) is 2. The van der Waals surface area contributed by atoms with E-state index in [1.165, 1.54) is 35.8 Å². The van der Waals surface area contributed by atoms with Crippen LogP contribution in [0.3, 0.4) is 0 Å². The zero-order valence-electron chi connectivity index (χ0n) is 33.9. The van der Waals surface area contributed by atoms with Crippen molar-refractivity contribution in [2.75, 3.05) is 39.3 Å². The van der Waals surface area contributed by atoms with Crippen molar-refractivity contribution in [1.82, 2.24) is 14.6 Å². The first-order valence-electron chi connectivity index (χ1n) is 19.9. The Labute approximate surface area is 346 Å². The lowest BCUT2D eigenvalue weighted by molar-refractivity contribution is -0.153. The smallest absolute Gasteiger partial charge is 0.407 e. The molecule has 3 aromatic rings. The number of nitrogens with zero attached hydrogens (tertiary/aromatic N) is 2. The maximum Gasteiger partial charge on any atom is 0.407 e. The Kier molecular flexibility index (Phi) is 17.3. The second-order valence-electron chi connectivity index (χ2n) is 15.0. The van der Waals surface area contributed by atoms with Gasteiger partial charge in [0.2, 0.25) is 10.0 Å². The molecular formula is C41H56N3O13PS. The highest BCUT2D eigenvalue weighted by Gasteiger charge is 2.44. The van der Waals surface area contributed by atoms with Gasteiger partial charge in [0, 0.05) is 25.5 Å². The molecule has 18 heteroatoms. The highest BCUT2D eigenvalue weighted by molar-refractivity contribution is 7.89. The van der Waals surface area contributed by atoms with Crippen LogP contribution in [-0.2, 0) is 60.4 Å². The molecule has 2 N–H and O–H groups in total. The van der Waals surface area contributed by atoms with E-state index in [1.807, 2.05) is 51.1 Å². The van der Waals surface area contributed by atoms with E-state index in [4.69, 9.17) is 32.7 Å². The fraction of sp³-hybridized carbons (Fsp3) is 0.537. The van der Waals surface area contributed by atoms with Gasteiger partial charge in [0.15, 0.2) is 18.7 Å². The Morgan fingerprint density at radius 1 is 1.02 bits per heavy atom. The number of pyridine rings is 1. The molecular weight excluding hydrogens is 805 g/mol. The fourth-order valence-corrected chi connectivity index (χ4v) is 9.59. The molecule has 5 rings (SSSR count). The first-order chi connectivity index (χ1) is 28.3. The maximum atomic E-state index is 13.8. The molecule has 0 radical (unpaired) electrons. The van der Waals surface area contributed by atoms with Gasteiger partial charge in [-0.25, -0.2) is 18.0 Å². The molecule has 0 saturated carbocycles. The standard InChI is InChI=1S/C41H56N3O13PS/c1-5-6-20-55-58(48,57-30(4)39(46)52-26-32-11-8-7-9-12-32)28-54-33-16-14-31(15-17-33)22-36(43-41(47)56-38-27-53-40-35(38)18-21-51-40)37(45)25-44(24-29(2)3)59(49,50)34-13-10-19-42-23-34/h7-17,19,23,29-30,35-38,40,45H,5-6,18,20-22,24-28H2,1-4H3,(H,43,47)/t30-,35-,36-,37+,38-,40+,58?/m0/s1. The lowest BCUT2D eigenvalue weighted by Gasteiger charge is -2.31. The molecule has 2 aliphatic heterocycles.